The summed E-state index contributed by atoms with van der Waals surface area (Å²) in [5, 5.41) is 8.79. The van der Waals surface area contributed by atoms with Crippen molar-refractivity contribution >= 4 is 29.1 Å². The molecule has 4 rings (SSSR count). The number of hydrogen-bond donors (Lipinski definition) is 0. The lowest BCUT2D eigenvalue weighted by molar-refractivity contribution is -0.126. The summed E-state index contributed by atoms with van der Waals surface area (Å²) in [5.74, 6) is 0.449. The average Bonchev–Trinajstić information content (AvgIpc) is 3.11. The zero-order chi connectivity index (χ0) is 22.3. The molecule has 5 nitrogen and oxygen atoms in total. The van der Waals surface area contributed by atoms with Gasteiger partial charge in [0.25, 0.3) is 0 Å². The average molecular weight is 448 g/mol. The number of amidine groups is 1. The van der Waals surface area contributed by atoms with Crippen LogP contribution in [-0.4, -0.2) is 34.5 Å². The molecule has 162 valence electrons. The lowest BCUT2D eigenvalue weighted by atomic mass is 10.1. The van der Waals surface area contributed by atoms with Crippen LogP contribution in [0.15, 0.2) is 89.1 Å². The van der Waals surface area contributed by atoms with Crippen LogP contribution in [0.4, 0.5) is 4.39 Å². The Kier molecular flexibility index (Phi) is 6.97. The minimum absolute atomic E-state index is 0.0263. The molecule has 32 heavy (non-hydrogen) atoms. The van der Waals surface area contributed by atoms with Crippen molar-refractivity contribution in [3.8, 4) is 5.75 Å². The fraction of sp³-hybridized carbons (Fsp3) is 0.160. The normalized spacial score (nSPS) is 17.4. The minimum atomic E-state index is -0.334. The van der Waals surface area contributed by atoms with Crippen LogP contribution in [0.25, 0.3) is 0 Å². The van der Waals surface area contributed by atoms with Crippen LogP contribution in [-0.2, 0) is 17.8 Å². The molecule has 1 atom stereocenters. The Bertz CT molecular complexity index is 1120. The number of thioether (sulfide) groups is 1. The highest BCUT2D eigenvalue weighted by molar-refractivity contribution is 8.15. The van der Waals surface area contributed by atoms with Crippen molar-refractivity contribution in [3.05, 3.63) is 101 Å². The van der Waals surface area contributed by atoms with Crippen molar-refractivity contribution in [2.45, 2.75) is 18.2 Å². The molecule has 1 aliphatic heterocycles. The van der Waals surface area contributed by atoms with Crippen LogP contribution in [0.2, 0.25) is 0 Å². The summed E-state index contributed by atoms with van der Waals surface area (Å²) >= 11 is 1.39. The van der Waals surface area contributed by atoms with E-state index in [1.54, 1.807) is 30.4 Å². The van der Waals surface area contributed by atoms with Crippen LogP contribution in [0.1, 0.15) is 16.7 Å². The Morgan fingerprint density at radius 3 is 2.41 bits per heavy atom. The van der Waals surface area contributed by atoms with Gasteiger partial charge < -0.3 is 4.74 Å². The molecule has 0 aliphatic carbocycles. The molecule has 1 aliphatic rings. The molecule has 0 aromatic heterocycles. The minimum Gasteiger partial charge on any atom is -0.497 e. The zero-order valence-electron chi connectivity index (χ0n) is 17.5. The molecular weight excluding hydrogens is 425 g/mol. The van der Waals surface area contributed by atoms with Gasteiger partial charge in [0.1, 0.15) is 11.6 Å². The van der Waals surface area contributed by atoms with Crippen LogP contribution < -0.4 is 4.74 Å². The van der Waals surface area contributed by atoms with Gasteiger partial charge in [-0.3, -0.25) is 9.69 Å². The van der Waals surface area contributed by atoms with Crippen molar-refractivity contribution in [1.82, 2.24) is 4.90 Å². The molecule has 0 radical (unpaired) electrons. The van der Waals surface area contributed by atoms with Gasteiger partial charge in [0.2, 0.25) is 5.91 Å². The molecule has 0 bridgehead atoms. The molecule has 1 saturated heterocycles. The lowest BCUT2D eigenvalue weighted by Gasteiger charge is -2.16. The van der Waals surface area contributed by atoms with Gasteiger partial charge in [-0.15, -0.1) is 5.10 Å². The number of hydrogen-bond acceptors (Lipinski definition) is 5. The summed E-state index contributed by atoms with van der Waals surface area (Å²) in [6, 6.07) is 23.5. The lowest BCUT2D eigenvalue weighted by Crippen LogP contribution is -2.32. The van der Waals surface area contributed by atoms with E-state index < -0.39 is 0 Å². The third kappa shape index (κ3) is 5.42. The van der Waals surface area contributed by atoms with Gasteiger partial charge in [-0.1, -0.05) is 54.2 Å². The predicted octanol–water partition coefficient (Wildman–Crippen LogP) is 4.91. The maximum atomic E-state index is 13.2. The first-order chi connectivity index (χ1) is 15.6. The number of carbonyl (C=O) groups is 1. The number of rotatable bonds is 7. The SMILES string of the molecule is COc1ccc(/C=N/N=C2/SC(Cc3ccc(F)cc3)C(=O)N2Cc2ccccc2)cc1. The summed E-state index contributed by atoms with van der Waals surface area (Å²) in [6.45, 7) is 0.420. The number of halogens is 1. The maximum Gasteiger partial charge on any atom is 0.242 e. The highest BCUT2D eigenvalue weighted by Gasteiger charge is 2.38. The maximum absolute atomic E-state index is 13.2. The third-order valence-corrected chi connectivity index (χ3v) is 6.17. The molecule has 3 aromatic rings. The van der Waals surface area contributed by atoms with Crippen molar-refractivity contribution in [1.29, 1.82) is 0 Å². The van der Waals surface area contributed by atoms with Crippen molar-refractivity contribution in [2.75, 3.05) is 7.11 Å². The van der Waals surface area contributed by atoms with Gasteiger partial charge in [-0.25, -0.2) is 4.39 Å². The van der Waals surface area contributed by atoms with E-state index in [1.165, 1.54) is 23.9 Å². The highest BCUT2D eigenvalue weighted by Crippen LogP contribution is 2.31. The second kappa shape index (κ2) is 10.2. The number of methoxy groups -OCH3 is 1. The number of benzene rings is 3. The first-order valence-corrected chi connectivity index (χ1v) is 11.0. The molecule has 3 aromatic carbocycles. The smallest absolute Gasteiger partial charge is 0.242 e. The van der Waals surface area contributed by atoms with Crippen LogP contribution in [0.5, 0.6) is 5.75 Å². The molecular formula is C25H22FN3O2S. The Morgan fingerprint density at radius 2 is 1.72 bits per heavy atom. The number of amides is 1. The summed E-state index contributed by atoms with van der Waals surface area (Å²) < 4.78 is 18.4. The van der Waals surface area contributed by atoms with Gasteiger partial charge in [-0.2, -0.15) is 5.10 Å². The Labute approximate surface area is 190 Å². The topological polar surface area (TPSA) is 54.3 Å². The molecule has 1 unspecified atom stereocenters. The summed E-state index contributed by atoms with van der Waals surface area (Å²) in [4.78, 5) is 14.8. The summed E-state index contributed by atoms with van der Waals surface area (Å²) in [7, 11) is 1.62. The molecule has 0 spiro atoms. The van der Waals surface area contributed by atoms with Gasteiger partial charge in [0.15, 0.2) is 5.17 Å². The number of ether oxygens (including phenoxy) is 1. The van der Waals surface area contributed by atoms with E-state index in [0.29, 0.717) is 18.1 Å². The second-order valence-electron chi connectivity index (χ2n) is 7.25. The van der Waals surface area contributed by atoms with Gasteiger partial charge in [0, 0.05) is 0 Å². The van der Waals surface area contributed by atoms with E-state index in [9.17, 15) is 9.18 Å². The monoisotopic (exact) mass is 447 g/mol. The largest absolute Gasteiger partial charge is 0.497 e. The van der Waals surface area contributed by atoms with Crippen molar-refractivity contribution in [2.24, 2.45) is 10.2 Å². The van der Waals surface area contributed by atoms with E-state index >= 15 is 0 Å². The van der Waals surface area contributed by atoms with Crippen LogP contribution in [0, 0.1) is 5.82 Å². The van der Waals surface area contributed by atoms with E-state index in [2.05, 4.69) is 10.2 Å². The molecule has 1 heterocycles. The van der Waals surface area contributed by atoms with Gasteiger partial charge in [0.05, 0.1) is 25.1 Å². The second-order valence-corrected chi connectivity index (χ2v) is 8.42. The van der Waals surface area contributed by atoms with E-state index in [0.717, 1.165) is 22.4 Å². The summed E-state index contributed by atoms with van der Waals surface area (Å²) in [6.07, 6.45) is 2.14. The van der Waals surface area contributed by atoms with Crippen molar-refractivity contribution < 1.29 is 13.9 Å². The number of carbonyl (C=O) groups excluding carboxylic acids is 1. The van der Waals surface area contributed by atoms with Crippen molar-refractivity contribution in [3.63, 3.8) is 0 Å². The van der Waals surface area contributed by atoms with Gasteiger partial charge in [-0.05, 0) is 59.5 Å². The molecule has 0 N–H and O–H groups in total. The Balaban J connectivity index is 1.54. The van der Waals surface area contributed by atoms with Gasteiger partial charge >= 0.3 is 0 Å². The van der Waals surface area contributed by atoms with E-state index in [-0.39, 0.29) is 17.0 Å². The van der Waals surface area contributed by atoms with Crippen LogP contribution >= 0.6 is 11.8 Å². The Hall–Kier alpha value is -3.45. The molecule has 1 fully saturated rings. The quantitative estimate of drug-likeness (QED) is 0.382. The Morgan fingerprint density at radius 1 is 1.00 bits per heavy atom. The summed E-state index contributed by atoms with van der Waals surface area (Å²) in [5.41, 5.74) is 2.79. The van der Waals surface area contributed by atoms with E-state index in [1.807, 2.05) is 54.6 Å². The molecule has 7 heteroatoms. The predicted molar refractivity (Wildman–Crippen MR) is 126 cm³/mol. The third-order valence-electron chi connectivity index (χ3n) is 5.00. The fourth-order valence-corrected chi connectivity index (χ4v) is 4.43. The number of nitrogens with zero attached hydrogens (tertiary/aromatic N) is 3. The first-order valence-electron chi connectivity index (χ1n) is 10.1. The molecule has 0 saturated carbocycles. The fourth-order valence-electron chi connectivity index (χ4n) is 3.30. The highest BCUT2D eigenvalue weighted by atomic mass is 32.2. The standard InChI is InChI=1S/C25H22FN3O2S/c1-31-22-13-9-19(10-14-22)16-27-28-25-29(17-20-5-3-2-4-6-20)24(30)23(32-25)15-18-7-11-21(26)12-8-18/h2-14,16,23H,15,17H2,1H3/b27-16+,28-25+. The molecule has 1 amide bonds. The van der Waals surface area contributed by atoms with Crippen LogP contribution in [0.3, 0.4) is 0 Å². The first kappa shape index (κ1) is 21.8. The zero-order valence-corrected chi connectivity index (χ0v) is 18.3. The van der Waals surface area contributed by atoms with E-state index in [4.69, 9.17) is 4.74 Å².